The molecule has 8 nitrogen and oxygen atoms in total. The smallest absolute Gasteiger partial charge is 0.341 e. The topological polar surface area (TPSA) is 114 Å². The van der Waals surface area contributed by atoms with Crippen molar-refractivity contribution < 1.29 is 23.9 Å². The fraction of sp³-hybridized carbons (Fsp3) is 0.190. The summed E-state index contributed by atoms with van der Waals surface area (Å²) in [5, 5.41) is 8.67. The quantitative estimate of drug-likeness (QED) is 0.0658. The Hall–Kier alpha value is -4.97. The summed E-state index contributed by atoms with van der Waals surface area (Å²) >= 11 is 6.21. The summed E-state index contributed by atoms with van der Waals surface area (Å²) in [5.41, 5.74) is 4.40. The Morgan fingerprint density at radius 2 is 1.64 bits per heavy atom. The molecule has 11 heteroatoms. The minimum absolute atomic E-state index is 0.0677. The molecule has 0 fully saturated rings. The molecule has 0 saturated carbocycles. The highest BCUT2D eigenvalue weighted by Gasteiger charge is 2.31. The number of hydrogen-bond donors (Lipinski definition) is 3. The Morgan fingerprint density at radius 1 is 0.925 bits per heavy atom. The zero-order valence-corrected chi connectivity index (χ0v) is 32.4. The second-order valence-corrected chi connectivity index (χ2v) is 15.9. The molecule has 3 amide bonds. The summed E-state index contributed by atoms with van der Waals surface area (Å²) in [6.07, 6.45) is 4.05. The van der Waals surface area contributed by atoms with Crippen molar-refractivity contribution >= 4 is 79.5 Å². The molecule has 0 radical (unpaired) electrons. The van der Waals surface area contributed by atoms with Crippen LogP contribution in [-0.4, -0.2) is 35.5 Å². The van der Waals surface area contributed by atoms with E-state index in [9.17, 15) is 19.2 Å². The molecule has 1 aliphatic rings. The van der Waals surface area contributed by atoms with Gasteiger partial charge in [0, 0.05) is 25.5 Å². The van der Waals surface area contributed by atoms with Crippen molar-refractivity contribution in [2.45, 2.75) is 49.2 Å². The lowest BCUT2D eigenvalue weighted by molar-refractivity contribution is -0.115. The van der Waals surface area contributed by atoms with Gasteiger partial charge in [0.1, 0.15) is 10.7 Å². The highest BCUT2D eigenvalue weighted by Crippen LogP contribution is 2.43. The summed E-state index contributed by atoms with van der Waals surface area (Å²) in [6.45, 7) is 3.81. The average Bonchev–Trinajstić information content (AvgIpc) is 3.53. The zero-order valence-electron chi connectivity index (χ0n) is 29.2. The first-order chi connectivity index (χ1) is 25.7. The van der Waals surface area contributed by atoms with E-state index in [0.29, 0.717) is 27.7 Å². The zero-order chi connectivity index (χ0) is 37.3. The summed E-state index contributed by atoms with van der Waals surface area (Å²) in [5.74, 6) is -1.25. The molecule has 0 aliphatic heterocycles. The SMILES string of the molecule is CCOC(=O)c1c(NC(=O)C(C)Sc2cccc(NC(=O)/C(=C/c3ccc(Br)cc3)NC(=O)c3ccccc3)c2)sc2c1CCC(c1ccccc1)C2. The Balaban J connectivity index is 1.15. The molecule has 5 aromatic rings. The number of nitrogens with one attached hydrogen (secondary N) is 3. The number of carbonyl (C=O) groups is 4. The predicted octanol–water partition coefficient (Wildman–Crippen LogP) is 9.49. The lowest BCUT2D eigenvalue weighted by Crippen LogP contribution is -2.30. The van der Waals surface area contributed by atoms with E-state index in [1.807, 2.05) is 54.6 Å². The molecule has 0 spiro atoms. The van der Waals surface area contributed by atoms with Crippen molar-refractivity contribution in [2.75, 3.05) is 17.2 Å². The van der Waals surface area contributed by atoms with Gasteiger partial charge in [-0.1, -0.05) is 82.7 Å². The Bertz CT molecular complexity index is 2140. The van der Waals surface area contributed by atoms with E-state index in [-0.39, 0.29) is 18.2 Å². The van der Waals surface area contributed by atoms with Gasteiger partial charge >= 0.3 is 5.97 Å². The number of thiophene rings is 1. The molecular formula is C42H38BrN3O5S2. The van der Waals surface area contributed by atoms with Crippen LogP contribution < -0.4 is 16.0 Å². The van der Waals surface area contributed by atoms with Gasteiger partial charge in [-0.05, 0) is 104 Å². The first-order valence-corrected chi connectivity index (χ1v) is 19.8. The third-order valence-electron chi connectivity index (χ3n) is 8.74. The van der Waals surface area contributed by atoms with Crippen LogP contribution in [0.5, 0.6) is 0 Å². The van der Waals surface area contributed by atoms with Gasteiger partial charge in [0.15, 0.2) is 0 Å². The number of halogens is 1. The van der Waals surface area contributed by atoms with E-state index in [1.54, 1.807) is 62.4 Å². The van der Waals surface area contributed by atoms with Crippen LogP contribution in [0.15, 0.2) is 124 Å². The van der Waals surface area contributed by atoms with Crippen molar-refractivity contribution in [1.82, 2.24) is 5.32 Å². The number of anilines is 2. The first kappa shape index (κ1) is 37.8. The van der Waals surface area contributed by atoms with Crippen LogP contribution in [0.25, 0.3) is 6.08 Å². The van der Waals surface area contributed by atoms with E-state index in [0.717, 1.165) is 44.6 Å². The van der Waals surface area contributed by atoms with Crippen molar-refractivity contribution in [3.8, 4) is 0 Å². The highest BCUT2D eigenvalue weighted by atomic mass is 79.9. The molecule has 2 atom stereocenters. The van der Waals surface area contributed by atoms with E-state index < -0.39 is 23.0 Å². The first-order valence-electron chi connectivity index (χ1n) is 17.3. The van der Waals surface area contributed by atoms with Gasteiger partial charge in [0.25, 0.3) is 11.8 Å². The molecule has 4 aromatic carbocycles. The van der Waals surface area contributed by atoms with Gasteiger partial charge in [-0.15, -0.1) is 23.1 Å². The minimum Gasteiger partial charge on any atom is -0.462 e. The van der Waals surface area contributed by atoms with Crippen LogP contribution in [0.3, 0.4) is 0 Å². The fourth-order valence-corrected chi connectivity index (χ4v) is 8.60. The number of hydrogen-bond acceptors (Lipinski definition) is 7. The van der Waals surface area contributed by atoms with Gasteiger partial charge in [-0.2, -0.15) is 0 Å². The van der Waals surface area contributed by atoms with Gasteiger partial charge in [0.2, 0.25) is 5.91 Å². The van der Waals surface area contributed by atoms with Gasteiger partial charge in [-0.3, -0.25) is 14.4 Å². The standard InChI is InChI=1S/C42H38BrN3O5S2/c1-3-51-42(50)37-34-22-19-30(28-11-6-4-7-12-28)24-36(34)53-41(37)46-38(47)26(2)52-33-16-10-15-32(25-33)44-40(49)35(23-27-17-20-31(43)21-18-27)45-39(48)29-13-8-5-9-14-29/h4-18,20-21,23,25-26,30H,3,19,22,24H2,1-2H3,(H,44,49)(H,45,48)(H,46,47)/b35-23-. The molecule has 2 unspecified atom stereocenters. The molecule has 3 N–H and O–H groups in total. The van der Waals surface area contributed by atoms with E-state index in [4.69, 9.17) is 4.74 Å². The molecule has 1 aromatic heterocycles. The predicted molar refractivity (Wildman–Crippen MR) is 217 cm³/mol. The van der Waals surface area contributed by atoms with Gasteiger partial charge in [0.05, 0.1) is 17.4 Å². The lowest BCUT2D eigenvalue weighted by atomic mass is 9.83. The number of rotatable bonds is 12. The van der Waals surface area contributed by atoms with Crippen LogP contribution in [0.1, 0.15) is 68.5 Å². The van der Waals surface area contributed by atoms with E-state index in [2.05, 4.69) is 44.0 Å². The molecule has 1 aliphatic carbocycles. The monoisotopic (exact) mass is 807 g/mol. The largest absolute Gasteiger partial charge is 0.462 e. The van der Waals surface area contributed by atoms with Crippen LogP contribution in [0.2, 0.25) is 0 Å². The van der Waals surface area contributed by atoms with Crippen molar-refractivity contribution in [3.05, 3.63) is 152 Å². The third-order valence-corrected chi connectivity index (χ3v) is 11.5. The van der Waals surface area contributed by atoms with E-state index in [1.165, 1.54) is 28.7 Å². The van der Waals surface area contributed by atoms with Crippen LogP contribution in [0, 0.1) is 0 Å². The normalized spacial score (nSPS) is 14.4. The number of esters is 1. The van der Waals surface area contributed by atoms with E-state index >= 15 is 0 Å². The average molecular weight is 809 g/mol. The van der Waals surface area contributed by atoms with Gasteiger partial charge in [-0.25, -0.2) is 4.79 Å². The summed E-state index contributed by atoms with van der Waals surface area (Å²) in [4.78, 5) is 55.3. The number of amides is 3. The van der Waals surface area contributed by atoms with Crippen molar-refractivity contribution in [1.29, 1.82) is 0 Å². The molecule has 270 valence electrons. The van der Waals surface area contributed by atoms with Crippen LogP contribution in [-0.2, 0) is 27.2 Å². The molecule has 0 saturated heterocycles. The molecule has 1 heterocycles. The number of carbonyl (C=O) groups excluding carboxylic acids is 4. The summed E-state index contributed by atoms with van der Waals surface area (Å²) in [6, 6.07) is 33.6. The van der Waals surface area contributed by atoms with Crippen molar-refractivity contribution in [2.24, 2.45) is 0 Å². The number of thioether (sulfide) groups is 1. The molecule has 6 rings (SSSR count). The number of benzene rings is 4. The highest BCUT2D eigenvalue weighted by molar-refractivity contribution is 9.10. The summed E-state index contributed by atoms with van der Waals surface area (Å²) in [7, 11) is 0. The van der Waals surface area contributed by atoms with Crippen LogP contribution in [0.4, 0.5) is 10.7 Å². The van der Waals surface area contributed by atoms with Crippen molar-refractivity contribution in [3.63, 3.8) is 0 Å². The number of ether oxygens (including phenoxy) is 1. The molecule has 0 bridgehead atoms. The maximum absolute atomic E-state index is 13.6. The summed E-state index contributed by atoms with van der Waals surface area (Å²) < 4.78 is 6.32. The third kappa shape index (κ3) is 9.72. The Labute approximate surface area is 325 Å². The Kier molecular flexibility index (Phi) is 12.6. The molecule has 53 heavy (non-hydrogen) atoms. The Morgan fingerprint density at radius 3 is 2.36 bits per heavy atom. The second-order valence-electron chi connectivity index (χ2n) is 12.4. The maximum atomic E-state index is 13.6. The molecular weight excluding hydrogens is 771 g/mol. The minimum atomic E-state index is -0.537. The maximum Gasteiger partial charge on any atom is 0.341 e. The second kappa shape index (κ2) is 17.7. The van der Waals surface area contributed by atoms with Crippen LogP contribution >= 0.6 is 39.0 Å². The number of fused-ring (bicyclic) bond motifs is 1. The van der Waals surface area contributed by atoms with Gasteiger partial charge < -0.3 is 20.7 Å². The fourth-order valence-electron chi connectivity index (χ4n) is 6.09. The lowest BCUT2D eigenvalue weighted by Gasteiger charge is -2.23.